The molecule has 0 spiro atoms. The highest BCUT2D eigenvalue weighted by Gasteiger charge is 2.32. The first-order chi connectivity index (χ1) is 8.63. The van der Waals surface area contributed by atoms with Crippen LogP contribution in [0.15, 0.2) is 18.2 Å². The minimum Gasteiger partial charge on any atom is -0.495 e. The zero-order chi connectivity index (χ0) is 13.1. The fourth-order valence-electron chi connectivity index (χ4n) is 2.74. The molecule has 0 aliphatic heterocycles. The third-order valence-electron chi connectivity index (χ3n) is 3.69. The predicted molar refractivity (Wildman–Crippen MR) is 70.3 cm³/mol. The zero-order valence-electron chi connectivity index (χ0n) is 10.4. The van der Waals surface area contributed by atoms with Crippen LogP contribution < -0.4 is 4.74 Å². The van der Waals surface area contributed by atoms with E-state index >= 15 is 0 Å². The third-order valence-corrected chi connectivity index (χ3v) is 3.98. The molecule has 98 valence electrons. The quantitative estimate of drug-likeness (QED) is 0.909. The Kier molecular flexibility index (Phi) is 4.12. The monoisotopic (exact) mass is 268 g/mol. The van der Waals surface area contributed by atoms with Crippen LogP contribution in [0.5, 0.6) is 5.75 Å². The maximum Gasteiger partial charge on any atom is 0.307 e. The summed E-state index contributed by atoms with van der Waals surface area (Å²) in [5.74, 6) is -0.294. The maximum absolute atomic E-state index is 11.3. The summed E-state index contributed by atoms with van der Waals surface area (Å²) in [4.78, 5) is 11.3. The number of methoxy groups -OCH3 is 1. The molecule has 0 radical (unpaired) electrons. The van der Waals surface area contributed by atoms with Crippen molar-refractivity contribution in [3.63, 3.8) is 0 Å². The lowest BCUT2D eigenvalue weighted by atomic mass is 9.75. The first-order valence-electron chi connectivity index (χ1n) is 6.19. The van der Waals surface area contributed by atoms with E-state index in [0.29, 0.717) is 10.8 Å². The van der Waals surface area contributed by atoms with Gasteiger partial charge in [-0.25, -0.2) is 0 Å². The van der Waals surface area contributed by atoms with Gasteiger partial charge in [-0.15, -0.1) is 0 Å². The van der Waals surface area contributed by atoms with Crippen molar-refractivity contribution in [1.29, 1.82) is 0 Å². The Morgan fingerprint density at radius 2 is 2.11 bits per heavy atom. The van der Waals surface area contributed by atoms with Crippen LogP contribution in [0.1, 0.15) is 37.2 Å². The maximum atomic E-state index is 11.3. The van der Waals surface area contributed by atoms with E-state index in [-0.39, 0.29) is 11.8 Å². The highest BCUT2D eigenvalue weighted by Crippen LogP contribution is 2.40. The van der Waals surface area contributed by atoms with Crippen molar-refractivity contribution in [2.45, 2.75) is 31.6 Å². The number of halogens is 1. The Balaban J connectivity index is 2.28. The minimum absolute atomic E-state index is 0.0691. The van der Waals surface area contributed by atoms with Gasteiger partial charge in [0.2, 0.25) is 0 Å². The highest BCUT2D eigenvalue weighted by atomic mass is 35.5. The second kappa shape index (κ2) is 5.61. The van der Waals surface area contributed by atoms with E-state index in [4.69, 9.17) is 16.3 Å². The average molecular weight is 269 g/mol. The largest absolute Gasteiger partial charge is 0.495 e. The summed E-state index contributed by atoms with van der Waals surface area (Å²) in [5.41, 5.74) is 1.01. The Morgan fingerprint density at radius 3 is 2.72 bits per heavy atom. The summed E-state index contributed by atoms with van der Waals surface area (Å²) < 4.78 is 5.11. The van der Waals surface area contributed by atoms with E-state index in [0.717, 1.165) is 31.2 Å². The Hall–Kier alpha value is -1.22. The summed E-state index contributed by atoms with van der Waals surface area (Å²) in [5, 5.41) is 9.83. The van der Waals surface area contributed by atoms with Gasteiger partial charge in [0.15, 0.2) is 0 Å². The summed E-state index contributed by atoms with van der Waals surface area (Å²) in [7, 11) is 1.57. The summed E-state index contributed by atoms with van der Waals surface area (Å²) >= 11 is 6.10. The van der Waals surface area contributed by atoms with Crippen LogP contribution in [0.4, 0.5) is 0 Å². The van der Waals surface area contributed by atoms with Crippen LogP contribution in [-0.2, 0) is 4.79 Å². The van der Waals surface area contributed by atoms with Gasteiger partial charge in [-0.1, -0.05) is 30.5 Å². The first-order valence-corrected chi connectivity index (χ1v) is 6.57. The van der Waals surface area contributed by atoms with Crippen LogP contribution in [0, 0.1) is 5.92 Å². The summed E-state index contributed by atoms with van der Waals surface area (Å²) in [6.45, 7) is 0. The van der Waals surface area contributed by atoms with Crippen molar-refractivity contribution in [3.05, 3.63) is 28.8 Å². The van der Waals surface area contributed by atoms with Crippen LogP contribution in [0.2, 0.25) is 5.02 Å². The molecule has 2 rings (SSSR count). The molecule has 4 heteroatoms. The molecular weight excluding hydrogens is 252 g/mol. The molecule has 1 aliphatic rings. The molecule has 18 heavy (non-hydrogen) atoms. The van der Waals surface area contributed by atoms with Gasteiger partial charge in [-0.3, -0.25) is 4.79 Å². The SMILES string of the molecule is COc1ccc(C2CCCCC2C(=O)O)cc1Cl. The van der Waals surface area contributed by atoms with Gasteiger partial charge in [-0.2, -0.15) is 0 Å². The van der Waals surface area contributed by atoms with Gasteiger partial charge in [0.1, 0.15) is 5.75 Å². The lowest BCUT2D eigenvalue weighted by Crippen LogP contribution is -2.25. The van der Waals surface area contributed by atoms with Crippen molar-refractivity contribution >= 4 is 17.6 Å². The zero-order valence-corrected chi connectivity index (χ0v) is 11.1. The summed E-state index contributed by atoms with van der Waals surface area (Å²) in [6, 6.07) is 5.58. The standard InChI is InChI=1S/C14H17ClO3/c1-18-13-7-6-9(8-12(13)15)10-4-2-3-5-11(10)14(16)17/h6-8,10-11H,2-5H2,1H3,(H,16,17). The average Bonchev–Trinajstić information content (AvgIpc) is 2.38. The fraction of sp³-hybridized carbons (Fsp3) is 0.500. The van der Waals surface area contributed by atoms with Crippen molar-refractivity contribution in [2.24, 2.45) is 5.92 Å². The van der Waals surface area contributed by atoms with Crippen LogP contribution in [-0.4, -0.2) is 18.2 Å². The van der Waals surface area contributed by atoms with Crippen molar-refractivity contribution in [1.82, 2.24) is 0 Å². The molecule has 1 aliphatic carbocycles. The minimum atomic E-state index is -0.702. The van der Waals surface area contributed by atoms with Gasteiger partial charge < -0.3 is 9.84 Å². The normalized spacial score (nSPS) is 23.7. The van der Waals surface area contributed by atoms with E-state index in [9.17, 15) is 9.90 Å². The topological polar surface area (TPSA) is 46.5 Å². The number of hydrogen-bond donors (Lipinski definition) is 1. The van der Waals surface area contributed by atoms with E-state index < -0.39 is 5.97 Å². The Bertz CT molecular complexity index is 445. The second-order valence-electron chi connectivity index (χ2n) is 4.73. The van der Waals surface area contributed by atoms with Crippen LogP contribution >= 0.6 is 11.6 Å². The molecule has 0 bridgehead atoms. The molecule has 3 nitrogen and oxygen atoms in total. The van der Waals surface area contributed by atoms with Crippen LogP contribution in [0.25, 0.3) is 0 Å². The second-order valence-corrected chi connectivity index (χ2v) is 5.14. The third kappa shape index (κ3) is 2.61. The first kappa shape index (κ1) is 13.2. The lowest BCUT2D eigenvalue weighted by molar-refractivity contribution is -0.143. The number of aliphatic carboxylic acids is 1. The van der Waals surface area contributed by atoms with E-state index in [1.165, 1.54) is 0 Å². The molecule has 1 N–H and O–H groups in total. The lowest BCUT2D eigenvalue weighted by Gasteiger charge is -2.29. The Morgan fingerprint density at radius 1 is 1.39 bits per heavy atom. The number of carboxylic acid groups (broad SMARTS) is 1. The molecule has 0 heterocycles. The number of carboxylic acids is 1. The van der Waals surface area contributed by atoms with Gasteiger partial charge in [0, 0.05) is 0 Å². The molecule has 1 aromatic rings. The molecule has 1 fully saturated rings. The van der Waals surface area contributed by atoms with Crippen LogP contribution in [0.3, 0.4) is 0 Å². The number of rotatable bonds is 3. The van der Waals surface area contributed by atoms with Gasteiger partial charge in [0.05, 0.1) is 18.1 Å². The number of benzene rings is 1. The highest BCUT2D eigenvalue weighted by molar-refractivity contribution is 6.32. The number of hydrogen-bond acceptors (Lipinski definition) is 2. The smallest absolute Gasteiger partial charge is 0.307 e. The number of carbonyl (C=O) groups is 1. The van der Waals surface area contributed by atoms with Gasteiger partial charge >= 0.3 is 5.97 Å². The van der Waals surface area contributed by atoms with E-state index in [1.54, 1.807) is 7.11 Å². The molecule has 1 saturated carbocycles. The van der Waals surface area contributed by atoms with Crippen molar-refractivity contribution < 1.29 is 14.6 Å². The van der Waals surface area contributed by atoms with Crippen molar-refractivity contribution in [3.8, 4) is 5.75 Å². The predicted octanol–water partition coefficient (Wildman–Crippen LogP) is 3.71. The molecule has 0 aromatic heterocycles. The molecule has 0 saturated heterocycles. The van der Waals surface area contributed by atoms with Crippen molar-refractivity contribution in [2.75, 3.05) is 7.11 Å². The number of ether oxygens (including phenoxy) is 1. The Labute approximate surface area is 112 Å². The molecule has 2 unspecified atom stereocenters. The van der Waals surface area contributed by atoms with Gasteiger partial charge in [-0.05, 0) is 36.5 Å². The molecule has 1 aromatic carbocycles. The van der Waals surface area contributed by atoms with E-state index in [2.05, 4.69) is 0 Å². The van der Waals surface area contributed by atoms with Gasteiger partial charge in [0.25, 0.3) is 0 Å². The molecule has 2 atom stereocenters. The molecular formula is C14H17ClO3. The van der Waals surface area contributed by atoms with E-state index in [1.807, 2.05) is 18.2 Å². The summed E-state index contributed by atoms with van der Waals surface area (Å²) in [6.07, 6.45) is 3.75. The fourth-order valence-corrected chi connectivity index (χ4v) is 3.00. The molecule has 0 amide bonds.